The van der Waals surface area contributed by atoms with Crippen LogP contribution in [0.25, 0.3) is 0 Å². The molecule has 4 heterocycles. The maximum Gasteiger partial charge on any atom is 0.410 e. The molecular formula is C25H25N3O8. The van der Waals surface area contributed by atoms with E-state index in [0.717, 1.165) is 10.8 Å². The molecule has 36 heavy (non-hydrogen) atoms. The molecular weight excluding hydrogens is 470 g/mol. The number of piperidine rings is 2. The Balaban J connectivity index is 1.07. The predicted molar refractivity (Wildman–Crippen MR) is 122 cm³/mol. The van der Waals surface area contributed by atoms with Gasteiger partial charge >= 0.3 is 6.09 Å². The lowest BCUT2D eigenvalue weighted by Gasteiger charge is -2.43. The van der Waals surface area contributed by atoms with Crippen LogP contribution < -0.4 is 24.5 Å². The molecule has 6 rings (SSSR count). The van der Waals surface area contributed by atoms with Crippen LogP contribution in [0.2, 0.25) is 0 Å². The van der Waals surface area contributed by atoms with E-state index in [1.54, 1.807) is 17.0 Å². The zero-order chi connectivity index (χ0) is 24.7. The number of fused-ring (bicyclic) bond motifs is 2. The third kappa shape index (κ3) is 4.26. The van der Waals surface area contributed by atoms with Gasteiger partial charge in [0.2, 0.25) is 5.91 Å². The van der Waals surface area contributed by atoms with E-state index in [4.69, 9.17) is 23.9 Å². The van der Waals surface area contributed by atoms with Crippen LogP contribution in [0.1, 0.15) is 31.2 Å². The molecule has 11 heteroatoms. The first-order valence-electron chi connectivity index (χ1n) is 11.9. The van der Waals surface area contributed by atoms with Crippen molar-refractivity contribution in [3.05, 3.63) is 48.0 Å². The highest BCUT2D eigenvalue weighted by molar-refractivity contribution is 6.00. The lowest BCUT2D eigenvalue weighted by molar-refractivity contribution is -0.252. The molecule has 0 aromatic heterocycles. The van der Waals surface area contributed by atoms with Gasteiger partial charge < -0.3 is 28.8 Å². The van der Waals surface area contributed by atoms with Gasteiger partial charge in [-0.05, 0) is 12.0 Å². The van der Waals surface area contributed by atoms with E-state index >= 15 is 0 Å². The monoisotopic (exact) mass is 495 g/mol. The van der Waals surface area contributed by atoms with Crippen LogP contribution in [0.4, 0.5) is 4.79 Å². The van der Waals surface area contributed by atoms with Gasteiger partial charge in [0.05, 0.1) is 0 Å². The van der Waals surface area contributed by atoms with Crippen LogP contribution in [-0.4, -0.2) is 59.4 Å². The lowest BCUT2D eigenvalue weighted by atomic mass is 9.91. The summed E-state index contributed by atoms with van der Waals surface area (Å²) in [6.07, 6.45) is 1.33. The fourth-order valence-electron chi connectivity index (χ4n) is 4.71. The Labute approximate surface area is 206 Å². The van der Waals surface area contributed by atoms with Crippen molar-refractivity contribution in [1.82, 2.24) is 15.4 Å². The second-order valence-electron chi connectivity index (χ2n) is 9.28. The van der Waals surface area contributed by atoms with Gasteiger partial charge in [-0.3, -0.25) is 14.9 Å². The maximum absolute atomic E-state index is 12.5. The summed E-state index contributed by atoms with van der Waals surface area (Å²) in [5.41, 5.74) is 0.370. The number of carbonyl (C=O) groups excluding carboxylic acids is 3. The van der Waals surface area contributed by atoms with Crippen molar-refractivity contribution in [3.8, 4) is 23.0 Å². The summed E-state index contributed by atoms with van der Waals surface area (Å²) < 4.78 is 17.9. The van der Waals surface area contributed by atoms with Gasteiger partial charge in [-0.25, -0.2) is 4.79 Å². The summed E-state index contributed by atoms with van der Waals surface area (Å²) in [5, 5.41) is 3.39. The molecule has 0 aliphatic carbocycles. The second-order valence-corrected chi connectivity index (χ2v) is 9.28. The molecule has 2 aromatic rings. The number of amides is 3. The molecule has 2 fully saturated rings. The molecule has 2 aromatic carbocycles. The Hall–Kier alpha value is -3.99. The van der Waals surface area contributed by atoms with Gasteiger partial charge in [-0.2, -0.15) is 0 Å². The van der Waals surface area contributed by atoms with E-state index in [1.165, 1.54) is 0 Å². The van der Waals surface area contributed by atoms with Crippen molar-refractivity contribution in [2.75, 3.05) is 19.7 Å². The highest BCUT2D eigenvalue weighted by Crippen LogP contribution is 2.48. The molecule has 188 valence electrons. The van der Waals surface area contributed by atoms with Crippen molar-refractivity contribution in [2.45, 2.75) is 43.9 Å². The van der Waals surface area contributed by atoms with Crippen LogP contribution >= 0.6 is 0 Å². The number of benzene rings is 2. The molecule has 0 saturated carbocycles. The molecule has 1 atom stereocenters. The summed E-state index contributed by atoms with van der Waals surface area (Å²) in [5.74, 6) is 1.02. The Morgan fingerprint density at radius 1 is 1.03 bits per heavy atom. The van der Waals surface area contributed by atoms with Gasteiger partial charge in [-0.1, -0.05) is 30.3 Å². The predicted octanol–water partition coefficient (Wildman–Crippen LogP) is 2.34. The van der Waals surface area contributed by atoms with Crippen molar-refractivity contribution < 1.29 is 38.3 Å². The summed E-state index contributed by atoms with van der Waals surface area (Å²) >= 11 is 0. The van der Waals surface area contributed by atoms with E-state index in [1.807, 2.05) is 30.3 Å². The molecule has 1 N–H and O–H groups in total. The number of carbonyl (C=O) groups is 3. The third-order valence-corrected chi connectivity index (χ3v) is 6.81. The van der Waals surface area contributed by atoms with Crippen LogP contribution in [0.5, 0.6) is 23.0 Å². The van der Waals surface area contributed by atoms with Crippen molar-refractivity contribution in [3.63, 3.8) is 0 Å². The number of imide groups is 1. The first-order chi connectivity index (χ1) is 17.5. The van der Waals surface area contributed by atoms with Gasteiger partial charge in [0, 0.05) is 49.7 Å². The molecule has 0 bridgehead atoms. The quantitative estimate of drug-likeness (QED) is 0.641. The van der Waals surface area contributed by atoms with Crippen molar-refractivity contribution in [1.29, 1.82) is 0 Å². The topological polar surface area (TPSA) is 116 Å². The fourth-order valence-corrected chi connectivity index (χ4v) is 4.71. The molecule has 0 radical (unpaired) electrons. The first-order valence-corrected chi connectivity index (χ1v) is 11.9. The van der Waals surface area contributed by atoms with E-state index in [0.29, 0.717) is 62.0 Å². The van der Waals surface area contributed by atoms with Crippen molar-refractivity contribution in [2.24, 2.45) is 0 Å². The minimum atomic E-state index is -0.744. The summed E-state index contributed by atoms with van der Waals surface area (Å²) in [6.45, 7) is 1.54. The van der Waals surface area contributed by atoms with Gasteiger partial charge in [0.1, 0.15) is 18.8 Å². The number of ether oxygens (including phenoxy) is 3. The van der Waals surface area contributed by atoms with Crippen molar-refractivity contribution >= 4 is 17.9 Å². The zero-order valence-electron chi connectivity index (χ0n) is 19.4. The second kappa shape index (κ2) is 8.90. The normalized spacial score (nSPS) is 22.3. The minimum Gasteiger partial charge on any atom is -0.485 e. The Bertz CT molecular complexity index is 1200. The van der Waals surface area contributed by atoms with Crippen LogP contribution in [0, 0.1) is 0 Å². The zero-order valence-corrected chi connectivity index (χ0v) is 19.4. The first kappa shape index (κ1) is 22.5. The fraction of sp³-hybridized carbons (Fsp3) is 0.400. The van der Waals surface area contributed by atoms with E-state index in [-0.39, 0.29) is 25.0 Å². The van der Waals surface area contributed by atoms with Gasteiger partial charge in [0.15, 0.2) is 29.0 Å². The van der Waals surface area contributed by atoms with Crippen LogP contribution in [-0.2, 0) is 20.9 Å². The number of nitrogens with zero attached hydrogens (tertiary/aromatic N) is 2. The van der Waals surface area contributed by atoms with Gasteiger partial charge in [-0.15, -0.1) is 0 Å². The molecule has 1 unspecified atom stereocenters. The number of nitrogens with one attached hydrogen (secondary N) is 1. The minimum absolute atomic E-state index is 0.206. The Kier molecular flexibility index (Phi) is 5.56. The Morgan fingerprint density at radius 3 is 2.47 bits per heavy atom. The van der Waals surface area contributed by atoms with E-state index < -0.39 is 17.6 Å². The van der Waals surface area contributed by atoms with E-state index in [9.17, 15) is 14.4 Å². The summed E-state index contributed by atoms with van der Waals surface area (Å²) in [4.78, 5) is 49.2. The highest BCUT2D eigenvalue weighted by Gasteiger charge is 2.44. The number of hydroxylamine groups is 2. The molecule has 2 saturated heterocycles. The smallest absolute Gasteiger partial charge is 0.410 e. The molecule has 4 aliphatic heterocycles. The Morgan fingerprint density at radius 2 is 1.75 bits per heavy atom. The number of likely N-dealkylation sites (tertiary alicyclic amines) is 1. The molecule has 3 amide bonds. The highest BCUT2D eigenvalue weighted by atomic mass is 17.0. The standard InChI is InChI=1S/C25H25N3O8/c29-22-7-6-17(23(30)26-22)28-35-20-12-18-19(13-21(20)36-28)34-25(15-33-18)8-10-27(11-9-25)24(31)32-14-16-4-2-1-3-5-16/h1-5,12-13,17H,6-11,14-15H2,(H,26,29,30). The van der Waals surface area contributed by atoms with Crippen LogP contribution in [0.3, 0.4) is 0 Å². The summed E-state index contributed by atoms with van der Waals surface area (Å²) in [7, 11) is 0. The SMILES string of the molecule is O=C1CCC(N2Oc3cc4c(cc3O2)OC2(CCN(C(=O)OCc3ccccc3)CC2)CO4)C(=O)N1. The van der Waals surface area contributed by atoms with Gasteiger partial charge in [0.25, 0.3) is 5.91 Å². The molecule has 4 aliphatic rings. The number of rotatable bonds is 3. The summed E-state index contributed by atoms with van der Waals surface area (Å²) in [6, 6.07) is 12.2. The maximum atomic E-state index is 12.5. The number of hydrogen-bond acceptors (Lipinski definition) is 9. The average molecular weight is 495 g/mol. The molecule has 11 nitrogen and oxygen atoms in total. The number of hydrogen-bond donors (Lipinski definition) is 1. The average Bonchev–Trinajstić information content (AvgIpc) is 3.29. The molecule has 1 spiro atoms. The third-order valence-electron chi connectivity index (χ3n) is 6.81. The van der Waals surface area contributed by atoms with E-state index in [2.05, 4.69) is 5.32 Å². The lowest BCUT2D eigenvalue weighted by Crippen LogP contribution is -2.54. The van der Waals surface area contributed by atoms with Crippen LogP contribution in [0.15, 0.2) is 42.5 Å². The largest absolute Gasteiger partial charge is 0.485 e.